The summed E-state index contributed by atoms with van der Waals surface area (Å²) in [5.74, 6) is 0. The zero-order valence-electron chi connectivity index (χ0n) is 9.58. The average Bonchev–Trinajstić information content (AvgIpc) is 2.22. The fourth-order valence-electron chi connectivity index (χ4n) is 1.53. The van der Waals surface area contributed by atoms with Crippen LogP contribution in [0.25, 0.3) is 0 Å². The minimum atomic E-state index is 0.177. The number of aliphatic hydroxyl groups excluding tert-OH is 1. The van der Waals surface area contributed by atoms with Crippen molar-refractivity contribution in [2.24, 2.45) is 0 Å². The minimum Gasteiger partial charge on any atom is -0.395 e. The molecule has 0 aliphatic carbocycles. The van der Waals surface area contributed by atoms with E-state index in [1.54, 1.807) is 0 Å². The summed E-state index contributed by atoms with van der Waals surface area (Å²) >= 11 is 9.48. The molecule has 0 fully saturated rings. The highest BCUT2D eigenvalue weighted by Gasteiger charge is 2.11. The molecule has 1 aromatic rings. The second kappa shape index (κ2) is 6.60. The van der Waals surface area contributed by atoms with Gasteiger partial charge in [-0.1, -0.05) is 27.5 Å². The highest BCUT2D eigenvalue weighted by atomic mass is 79.9. The highest BCUT2D eigenvalue weighted by molar-refractivity contribution is 9.10. The molecule has 0 amide bonds. The van der Waals surface area contributed by atoms with Crippen LogP contribution in [0.5, 0.6) is 0 Å². The van der Waals surface area contributed by atoms with Gasteiger partial charge in [-0.25, -0.2) is 0 Å². The number of nitrogens with zero attached hydrogens (tertiary/aromatic N) is 1. The Bertz CT molecular complexity index is 344. The normalized spacial score (nSPS) is 11.4. The van der Waals surface area contributed by atoms with Crippen LogP contribution in [0, 0.1) is 0 Å². The summed E-state index contributed by atoms with van der Waals surface area (Å²) in [6, 6.07) is 6.17. The molecule has 0 saturated heterocycles. The summed E-state index contributed by atoms with van der Waals surface area (Å²) in [6.07, 6.45) is 0. The predicted molar refractivity (Wildman–Crippen MR) is 71.8 cm³/mol. The summed E-state index contributed by atoms with van der Waals surface area (Å²) in [4.78, 5) is 2.20. The van der Waals surface area contributed by atoms with Crippen molar-refractivity contribution in [3.63, 3.8) is 0 Å². The topological polar surface area (TPSA) is 23.5 Å². The zero-order valence-corrected chi connectivity index (χ0v) is 11.9. The molecule has 1 N–H and O–H groups in total. The maximum absolute atomic E-state index is 9.01. The minimum absolute atomic E-state index is 0.177. The van der Waals surface area contributed by atoms with Gasteiger partial charge in [0.1, 0.15) is 0 Å². The molecule has 1 aromatic carbocycles. The second-order valence-electron chi connectivity index (χ2n) is 4.02. The summed E-state index contributed by atoms with van der Waals surface area (Å²) in [5.41, 5.74) is 1.15. The van der Waals surface area contributed by atoms with Gasteiger partial charge in [0.05, 0.1) is 6.61 Å². The van der Waals surface area contributed by atoms with Gasteiger partial charge in [-0.2, -0.15) is 0 Å². The van der Waals surface area contributed by atoms with Gasteiger partial charge in [0.25, 0.3) is 0 Å². The van der Waals surface area contributed by atoms with Gasteiger partial charge >= 0.3 is 0 Å². The molecule has 16 heavy (non-hydrogen) atoms. The smallest absolute Gasteiger partial charge is 0.0558 e. The molecule has 0 saturated carbocycles. The summed E-state index contributed by atoms with van der Waals surface area (Å²) in [7, 11) is 0. The third-order valence-electron chi connectivity index (χ3n) is 2.50. The first-order chi connectivity index (χ1) is 7.54. The van der Waals surface area contributed by atoms with E-state index >= 15 is 0 Å². The molecule has 1 rings (SSSR count). The third-order valence-corrected chi connectivity index (χ3v) is 3.51. The largest absolute Gasteiger partial charge is 0.395 e. The van der Waals surface area contributed by atoms with E-state index in [0.29, 0.717) is 12.6 Å². The Kier molecular flexibility index (Phi) is 5.76. The van der Waals surface area contributed by atoms with Gasteiger partial charge < -0.3 is 5.11 Å². The number of hydrogen-bond donors (Lipinski definition) is 1. The predicted octanol–water partition coefficient (Wildman–Crippen LogP) is 3.31. The maximum Gasteiger partial charge on any atom is 0.0558 e. The quantitative estimate of drug-likeness (QED) is 0.902. The summed E-state index contributed by atoms with van der Waals surface area (Å²) in [6.45, 7) is 5.88. The number of hydrogen-bond acceptors (Lipinski definition) is 2. The molecular formula is C12H17BrClNO. The zero-order chi connectivity index (χ0) is 12.1. The molecule has 0 aliphatic heterocycles. The first-order valence-corrected chi connectivity index (χ1v) is 6.50. The Labute approximate surface area is 110 Å². The first-order valence-electron chi connectivity index (χ1n) is 5.33. The molecule has 0 heterocycles. The maximum atomic E-state index is 9.01. The van der Waals surface area contributed by atoms with Crippen LogP contribution < -0.4 is 0 Å². The van der Waals surface area contributed by atoms with E-state index in [1.165, 1.54) is 0 Å². The number of aliphatic hydroxyl groups is 1. The molecule has 0 aromatic heterocycles. The third kappa shape index (κ3) is 4.06. The van der Waals surface area contributed by atoms with Crippen LogP contribution in [0.1, 0.15) is 19.4 Å². The van der Waals surface area contributed by atoms with Crippen molar-refractivity contribution in [2.75, 3.05) is 13.2 Å². The van der Waals surface area contributed by atoms with E-state index in [4.69, 9.17) is 16.7 Å². The van der Waals surface area contributed by atoms with Crippen molar-refractivity contribution < 1.29 is 5.11 Å². The lowest BCUT2D eigenvalue weighted by Crippen LogP contribution is -2.33. The molecule has 0 radical (unpaired) electrons. The SMILES string of the molecule is CC(C)N(CCO)Cc1cc(Cl)ccc1Br. The Hall–Kier alpha value is -0.0900. The van der Waals surface area contributed by atoms with Gasteiger partial charge in [0.15, 0.2) is 0 Å². The number of halogens is 2. The molecule has 0 unspecified atom stereocenters. The van der Waals surface area contributed by atoms with Crippen molar-refractivity contribution in [3.8, 4) is 0 Å². The lowest BCUT2D eigenvalue weighted by Gasteiger charge is -2.26. The van der Waals surface area contributed by atoms with E-state index in [0.717, 1.165) is 21.6 Å². The Morgan fingerprint density at radius 2 is 2.12 bits per heavy atom. The first kappa shape index (κ1) is 14.0. The molecule has 0 spiro atoms. The van der Waals surface area contributed by atoms with Crippen molar-refractivity contribution in [2.45, 2.75) is 26.4 Å². The monoisotopic (exact) mass is 305 g/mol. The summed E-state index contributed by atoms with van der Waals surface area (Å²) < 4.78 is 1.06. The standard InChI is InChI=1S/C12H17BrClNO/c1-9(2)15(5-6-16)8-10-7-11(14)3-4-12(10)13/h3-4,7,9,16H,5-6,8H2,1-2H3. The van der Waals surface area contributed by atoms with Crippen molar-refractivity contribution in [1.29, 1.82) is 0 Å². The molecule has 0 atom stereocenters. The average molecular weight is 307 g/mol. The molecule has 90 valence electrons. The number of benzene rings is 1. The Balaban J connectivity index is 2.80. The van der Waals surface area contributed by atoms with Crippen molar-refractivity contribution in [1.82, 2.24) is 4.90 Å². The fourth-order valence-corrected chi connectivity index (χ4v) is 2.10. The van der Waals surface area contributed by atoms with Crippen LogP contribution in [0.4, 0.5) is 0 Å². The van der Waals surface area contributed by atoms with Gasteiger partial charge in [0, 0.05) is 28.6 Å². The van der Waals surface area contributed by atoms with Crippen LogP contribution in [0.3, 0.4) is 0 Å². The van der Waals surface area contributed by atoms with Crippen LogP contribution in [-0.2, 0) is 6.54 Å². The van der Waals surface area contributed by atoms with E-state index in [1.807, 2.05) is 18.2 Å². The summed E-state index contributed by atoms with van der Waals surface area (Å²) in [5, 5.41) is 9.75. The second-order valence-corrected chi connectivity index (χ2v) is 5.31. The Morgan fingerprint density at radius 1 is 1.44 bits per heavy atom. The van der Waals surface area contributed by atoms with Crippen molar-refractivity contribution >= 4 is 27.5 Å². The molecule has 4 heteroatoms. The highest BCUT2D eigenvalue weighted by Crippen LogP contribution is 2.23. The molecular weight excluding hydrogens is 289 g/mol. The van der Waals surface area contributed by atoms with Crippen LogP contribution in [0.15, 0.2) is 22.7 Å². The van der Waals surface area contributed by atoms with E-state index < -0.39 is 0 Å². The van der Waals surface area contributed by atoms with Crippen LogP contribution in [-0.4, -0.2) is 29.2 Å². The van der Waals surface area contributed by atoms with E-state index in [-0.39, 0.29) is 6.61 Å². The van der Waals surface area contributed by atoms with Gasteiger partial charge in [0.2, 0.25) is 0 Å². The lowest BCUT2D eigenvalue weighted by atomic mass is 10.2. The molecule has 2 nitrogen and oxygen atoms in total. The van der Waals surface area contributed by atoms with E-state index in [9.17, 15) is 0 Å². The van der Waals surface area contributed by atoms with Gasteiger partial charge in [-0.15, -0.1) is 0 Å². The molecule has 0 bridgehead atoms. The van der Waals surface area contributed by atoms with Gasteiger partial charge in [-0.05, 0) is 37.6 Å². The lowest BCUT2D eigenvalue weighted by molar-refractivity contribution is 0.159. The van der Waals surface area contributed by atoms with E-state index in [2.05, 4.69) is 34.7 Å². The van der Waals surface area contributed by atoms with Gasteiger partial charge in [-0.3, -0.25) is 4.90 Å². The molecule has 0 aliphatic rings. The Morgan fingerprint density at radius 3 is 2.69 bits per heavy atom. The number of rotatable bonds is 5. The van der Waals surface area contributed by atoms with Crippen molar-refractivity contribution in [3.05, 3.63) is 33.3 Å². The van der Waals surface area contributed by atoms with Crippen LogP contribution >= 0.6 is 27.5 Å². The van der Waals surface area contributed by atoms with Crippen LogP contribution in [0.2, 0.25) is 5.02 Å². The fraction of sp³-hybridized carbons (Fsp3) is 0.500.